The van der Waals surface area contributed by atoms with E-state index in [-0.39, 0.29) is 4.90 Å². The highest BCUT2D eigenvalue weighted by Crippen LogP contribution is 2.29. The van der Waals surface area contributed by atoms with Gasteiger partial charge in [-0.1, -0.05) is 70.9 Å². The third-order valence-electron chi connectivity index (χ3n) is 5.06. The molecule has 0 radical (unpaired) electrons. The first-order valence-corrected chi connectivity index (χ1v) is 12.3. The first-order chi connectivity index (χ1) is 13.5. The molecular weight excluding hydrogens is 374 g/mol. The lowest BCUT2D eigenvalue weighted by Gasteiger charge is -2.17. The number of benzene rings is 1. The lowest BCUT2D eigenvalue weighted by molar-refractivity contribution is 0.109. The summed E-state index contributed by atoms with van der Waals surface area (Å²) in [5, 5.41) is 3.16. The maximum Gasteiger partial charge on any atom is 0.294 e. The first kappa shape index (κ1) is 25.1. The van der Waals surface area contributed by atoms with Crippen LogP contribution in [0.1, 0.15) is 83.1 Å². The molecule has 6 heteroatoms. The summed E-state index contributed by atoms with van der Waals surface area (Å²) in [5.41, 5.74) is 1.19. The van der Waals surface area contributed by atoms with Crippen molar-refractivity contribution in [1.29, 1.82) is 0 Å². The van der Waals surface area contributed by atoms with Gasteiger partial charge in [0.1, 0.15) is 0 Å². The minimum atomic E-state index is -4.09. The largest absolute Gasteiger partial charge is 0.379 e. The first-order valence-electron chi connectivity index (χ1n) is 10.8. The Labute approximate surface area is 172 Å². The van der Waals surface area contributed by atoms with Gasteiger partial charge in [0.25, 0.3) is 10.1 Å². The van der Waals surface area contributed by atoms with Crippen LogP contribution in [0.2, 0.25) is 0 Å². The lowest BCUT2D eigenvalue weighted by atomic mass is 9.88. The van der Waals surface area contributed by atoms with Gasteiger partial charge in [0.15, 0.2) is 0 Å². The Morgan fingerprint density at radius 2 is 1.46 bits per heavy atom. The molecule has 2 N–H and O–H groups in total. The Balaban J connectivity index is 0.000000552. The van der Waals surface area contributed by atoms with Crippen LogP contribution in [0, 0.1) is 0 Å². The fraction of sp³-hybridized carbons (Fsp3) is 0.727. The SMILES string of the molecule is C1COCCN1.CCCCCCC(CCCCC)c1ccc(S(=O)(=O)O)cc1. The topological polar surface area (TPSA) is 75.6 Å². The summed E-state index contributed by atoms with van der Waals surface area (Å²) in [6.45, 7) is 8.25. The van der Waals surface area contributed by atoms with Crippen LogP contribution in [0.3, 0.4) is 0 Å². The highest BCUT2D eigenvalue weighted by Gasteiger charge is 2.14. The zero-order valence-electron chi connectivity index (χ0n) is 17.7. The predicted molar refractivity (Wildman–Crippen MR) is 116 cm³/mol. The summed E-state index contributed by atoms with van der Waals surface area (Å²) in [4.78, 5) is -0.0189. The minimum absolute atomic E-state index is 0.0189. The average molecular weight is 414 g/mol. The van der Waals surface area contributed by atoms with Crippen molar-refractivity contribution in [2.45, 2.75) is 82.4 Å². The van der Waals surface area contributed by atoms with Crippen molar-refractivity contribution in [2.75, 3.05) is 26.3 Å². The van der Waals surface area contributed by atoms with E-state index in [4.69, 9.17) is 9.29 Å². The number of ether oxygens (including phenoxy) is 1. The second kappa shape index (κ2) is 15.0. The van der Waals surface area contributed by atoms with Gasteiger partial charge in [0, 0.05) is 13.1 Å². The molecule has 0 spiro atoms. The maximum atomic E-state index is 11.1. The van der Waals surface area contributed by atoms with Crippen molar-refractivity contribution in [3.8, 4) is 0 Å². The van der Waals surface area contributed by atoms with Gasteiger partial charge in [0.05, 0.1) is 18.1 Å². The van der Waals surface area contributed by atoms with Crippen molar-refractivity contribution >= 4 is 10.1 Å². The second-order valence-corrected chi connectivity index (χ2v) is 8.87. The summed E-state index contributed by atoms with van der Waals surface area (Å²) >= 11 is 0. The minimum Gasteiger partial charge on any atom is -0.379 e. The maximum absolute atomic E-state index is 11.1. The van der Waals surface area contributed by atoms with Gasteiger partial charge in [0.2, 0.25) is 0 Å². The van der Waals surface area contributed by atoms with Crippen LogP contribution in [-0.2, 0) is 14.9 Å². The van der Waals surface area contributed by atoms with Crippen molar-refractivity contribution in [3.05, 3.63) is 29.8 Å². The summed E-state index contributed by atoms with van der Waals surface area (Å²) in [6, 6.07) is 6.76. The number of nitrogens with one attached hydrogen (secondary N) is 1. The van der Waals surface area contributed by atoms with Crippen molar-refractivity contribution in [3.63, 3.8) is 0 Å². The number of rotatable bonds is 11. The van der Waals surface area contributed by atoms with Crippen LogP contribution in [0.15, 0.2) is 29.2 Å². The molecule has 0 amide bonds. The zero-order chi connectivity index (χ0) is 20.7. The summed E-state index contributed by atoms with van der Waals surface area (Å²) in [6.07, 6.45) is 11.0. The monoisotopic (exact) mass is 413 g/mol. The Bertz CT molecular complexity index is 586. The van der Waals surface area contributed by atoms with Gasteiger partial charge < -0.3 is 10.1 Å². The average Bonchev–Trinajstić information content (AvgIpc) is 2.71. The van der Waals surface area contributed by atoms with E-state index in [9.17, 15) is 8.42 Å². The standard InChI is InChI=1S/C18H30O3S.C4H9NO/c1-3-5-7-9-11-16(10-8-6-4-2)17-12-14-18(15-13-17)22(19,20)21;1-3-6-4-2-5-1/h12-16H,3-11H2,1-2H3,(H,19,20,21);5H,1-4H2. The van der Waals surface area contributed by atoms with Gasteiger partial charge in [-0.15, -0.1) is 0 Å². The van der Waals surface area contributed by atoms with Crippen LogP contribution < -0.4 is 5.32 Å². The molecule has 0 aliphatic carbocycles. The van der Waals surface area contributed by atoms with Gasteiger partial charge in [-0.05, 0) is 36.5 Å². The number of hydrogen-bond acceptors (Lipinski definition) is 4. The zero-order valence-corrected chi connectivity index (χ0v) is 18.5. The Morgan fingerprint density at radius 1 is 0.929 bits per heavy atom. The quantitative estimate of drug-likeness (QED) is 0.386. The molecule has 28 heavy (non-hydrogen) atoms. The Hall–Kier alpha value is -0.950. The Morgan fingerprint density at radius 3 is 1.89 bits per heavy atom. The van der Waals surface area contributed by atoms with E-state index >= 15 is 0 Å². The number of hydrogen-bond donors (Lipinski definition) is 2. The summed E-state index contributed by atoms with van der Waals surface area (Å²) < 4.78 is 36.3. The molecule has 1 atom stereocenters. The summed E-state index contributed by atoms with van der Waals surface area (Å²) in [7, 11) is -4.09. The van der Waals surface area contributed by atoms with E-state index < -0.39 is 10.1 Å². The van der Waals surface area contributed by atoms with E-state index in [0.29, 0.717) is 5.92 Å². The normalized spacial score (nSPS) is 15.5. The molecule has 1 heterocycles. The van der Waals surface area contributed by atoms with E-state index in [1.165, 1.54) is 62.6 Å². The third-order valence-corrected chi connectivity index (χ3v) is 5.93. The van der Waals surface area contributed by atoms with E-state index in [0.717, 1.165) is 39.1 Å². The molecule has 1 fully saturated rings. The molecular formula is C22H39NO4S. The molecule has 5 nitrogen and oxygen atoms in total. The van der Waals surface area contributed by atoms with Gasteiger partial charge >= 0.3 is 0 Å². The third kappa shape index (κ3) is 11.1. The molecule has 1 aromatic carbocycles. The van der Waals surface area contributed by atoms with Gasteiger partial charge in [-0.25, -0.2) is 0 Å². The lowest BCUT2D eigenvalue weighted by Crippen LogP contribution is -2.30. The number of unbranched alkanes of at least 4 members (excludes halogenated alkanes) is 5. The van der Waals surface area contributed by atoms with Crippen LogP contribution >= 0.6 is 0 Å². The van der Waals surface area contributed by atoms with Crippen LogP contribution in [0.5, 0.6) is 0 Å². The molecule has 1 aliphatic heterocycles. The van der Waals surface area contributed by atoms with E-state index in [1.807, 2.05) is 12.1 Å². The fourth-order valence-electron chi connectivity index (χ4n) is 3.36. The molecule has 1 unspecified atom stereocenters. The predicted octanol–water partition coefficient (Wildman–Crippen LogP) is 5.17. The van der Waals surface area contributed by atoms with Crippen molar-refractivity contribution < 1.29 is 17.7 Å². The van der Waals surface area contributed by atoms with Crippen LogP contribution in [0.4, 0.5) is 0 Å². The number of morpholine rings is 1. The highest BCUT2D eigenvalue weighted by atomic mass is 32.2. The smallest absolute Gasteiger partial charge is 0.294 e. The molecule has 1 aliphatic rings. The molecule has 2 rings (SSSR count). The van der Waals surface area contributed by atoms with Gasteiger partial charge in [-0.3, -0.25) is 4.55 Å². The van der Waals surface area contributed by atoms with Gasteiger partial charge in [-0.2, -0.15) is 8.42 Å². The molecule has 0 saturated carbocycles. The fourth-order valence-corrected chi connectivity index (χ4v) is 3.84. The van der Waals surface area contributed by atoms with Crippen molar-refractivity contribution in [1.82, 2.24) is 5.32 Å². The van der Waals surface area contributed by atoms with E-state index in [1.54, 1.807) is 0 Å². The molecule has 0 bridgehead atoms. The molecule has 162 valence electrons. The molecule has 0 aromatic heterocycles. The molecule has 1 saturated heterocycles. The highest BCUT2D eigenvalue weighted by molar-refractivity contribution is 7.85. The molecule has 1 aromatic rings. The van der Waals surface area contributed by atoms with Crippen LogP contribution in [0.25, 0.3) is 0 Å². The second-order valence-electron chi connectivity index (χ2n) is 7.45. The summed E-state index contributed by atoms with van der Waals surface area (Å²) in [5.74, 6) is 0.499. The Kier molecular flexibility index (Phi) is 13.4. The van der Waals surface area contributed by atoms with E-state index in [2.05, 4.69) is 19.2 Å². The van der Waals surface area contributed by atoms with Crippen LogP contribution in [-0.4, -0.2) is 39.3 Å². The van der Waals surface area contributed by atoms with Crippen molar-refractivity contribution in [2.24, 2.45) is 0 Å².